The predicted molar refractivity (Wildman–Crippen MR) is 90.5 cm³/mol. The molecule has 0 saturated heterocycles. The van der Waals surface area contributed by atoms with Gasteiger partial charge in [0, 0.05) is 0 Å². The van der Waals surface area contributed by atoms with Crippen LogP contribution in [0, 0.1) is 0 Å². The number of nitrogens with one attached hydrogen (secondary N) is 2. The molecule has 0 aliphatic rings. The molecule has 0 bridgehead atoms. The third-order valence-electron chi connectivity index (χ3n) is 2.82. The Labute approximate surface area is 142 Å². The van der Waals surface area contributed by atoms with Crippen molar-refractivity contribution in [3.05, 3.63) is 48.6 Å². The molecule has 0 aliphatic heterocycles. The Bertz CT molecular complexity index is 482. The van der Waals surface area contributed by atoms with Gasteiger partial charge >= 0.3 is 12.1 Å². The highest BCUT2D eigenvalue weighted by Crippen LogP contribution is 2.02. The van der Waals surface area contributed by atoms with Gasteiger partial charge in [-0.1, -0.05) is 43.0 Å². The fraction of sp³-hybridized carbons (Fsp3) is 0.375. The van der Waals surface area contributed by atoms with Crippen molar-refractivity contribution in [1.82, 2.24) is 10.6 Å². The number of esters is 1. The molecule has 1 rings (SSSR count). The van der Waals surface area contributed by atoms with Gasteiger partial charge in [0.25, 0.3) is 0 Å². The van der Waals surface area contributed by atoms with Crippen LogP contribution in [-0.4, -0.2) is 38.3 Å². The molecule has 1 atom stereocenters. The van der Waals surface area contributed by atoms with Crippen LogP contribution in [0.15, 0.2) is 43.0 Å². The van der Waals surface area contributed by atoms with Crippen LogP contribution >= 0.6 is 12.4 Å². The second-order valence-electron chi connectivity index (χ2n) is 4.57. The summed E-state index contributed by atoms with van der Waals surface area (Å²) in [5.41, 5.74) is 0.874. The highest BCUT2D eigenvalue weighted by atomic mass is 35.5. The minimum atomic E-state index is -0.754. The number of carbonyl (C=O) groups excluding carboxylic acids is 2. The molecule has 6 nitrogen and oxygen atoms in total. The summed E-state index contributed by atoms with van der Waals surface area (Å²) in [7, 11) is 1.76. The lowest BCUT2D eigenvalue weighted by Gasteiger charge is -2.17. The predicted octanol–water partition coefficient (Wildman–Crippen LogP) is 2.04. The third-order valence-corrected chi connectivity index (χ3v) is 2.82. The van der Waals surface area contributed by atoms with Crippen molar-refractivity contribution in [2.75, 3.05) is 20.2 Å². The monoisotopic (exact) mass is 342 g/mol. The zero-order chi connectivity index (χ0) is 16.2. The van der Waals surface area contributed by atoms with E-state index >= 15 is 0 Å². The molecule has 2 N–H and O–H groups in total. The molecule has 0 heterocycles. The summed E-state index contributed by atoms with van der Waals surface area (Å²) >= 11 is 0. The number of halogens is 1. The van der Waals surface area contributed by atoms with Crippen LogP contribution in [0.5, 0.6) is 0 Å². The molecule has 7 heteroatoms. The van der Waals surface area contributed by atoms with Crippen molar-refractivity contribution in [1.29, 1.82) is 0 Å². The van der Waals surface area contributed by atoms with Gasteiger partial charge in [-0.15, -0.1) is 12.4 Å². The fourth-order valence-electron chi connectivity index (χ4n) is 1.69. The summed E-state index contributed by atoms with van der Waals surface area (Å²) in [4.78, 5) is 23.6. The maximum Gasteiger partial charge on any atom is 0.408 e. The first-order valence-corrected chi connectivity index (χ1v) is 7.06. The first kappa shape index (κ1) is 20.9. The van der Waals surface area contributed by atoms with Crippen LogP contribution in [0.2, 0.25) is 0 Å². The van der Waals surface area contributed by atoms with Crippen molar-refractivity contribution in [3.63, 3.8) is 0 Å². The average Bonchev–Trinajstić information content (AvgIpc) is 2.55. The van der Waals surface area contributed by atoms with E-state index in [4.69, 9.17) is 9.47 Å². The van der Waals surface area contributed by atoms with Crippen LogP contribution in [0.4, 0.5) is 4.79 Å². The maximum absolute atomic E-state index is 11.8. The van der Waals surface area contributed by atoms with Gasteiger partial charge in [-0.25, -0.2) is 9.59 Å². The fourth-order valence-corrected chi connectivity index (χ4v) is 1.69. The summed E-state index contributed by atoms with van der Waals surface area (Å²) in [5, 5.41) is 5.44. The highest BCUT2D eigenvalue weighted by Gasteiger charge is 2.22. The lowest BCUT2D eigenvalue weighted by molar-refractivity contribution is -0.144. The van der Waals surface area contributed by atoms with E-state index in [0.29, 0.717) is 13.0 Å². The van der Waals surface area contributed by atoms with Gasteiger partial charge in [0.1, 0.15) is 19.3 Å². The zero-order valence-electron chi connectivity index (χ0n) is 13.1. The molecular weight excluding hydrogens is 320 g/mol. The van der Waals surface area contributed by atoms with Crippen LogP contribution in [0.3, 0.4) is 0 Å². The van der Waals surface area contributed by atoms with Crippen LogP contribution in [0.1, 0.15) is 12.0 Å². The van der Waals surface area contributed by atoms with Crippen LogP contribution < -0.4 is 10.6 Å². The quantitative estimate of drug-likeness (QED) is 0.530. The van der Waals surface area contributed by atoms with Gasteiger partial charge in [0.05, 0.1) is 0 Å². The Morgan fingerprint density at radius 3 is 2.57 bits per heavy atom. The van der Waals surface area contributed by atoms with Gasteiger partial charge in [-0.05, 0) is 25.6 Å². The number of ether oxygens (including phenoxy) is 2. The van der Waals surface area contributed by atoms with Crippen molar-refractivity contribution >= 4 is 24.5 Å². The first-order valence-electron chi connectivity index (χ1n) is 7.06. The third kappa shape index (κ3) is 8.85. The maximum atomic E-state index is 11.8. The normalized spacial score (nSPS) is 10.8. The molecule has 1 amide bonds. The molecule has 1 aromatic rings. The largest absolute Gasteiger partial charge is 0.460 e. The molecule has 0 aromatic heterocycles. The summed E-state index contributed by atoms with van der Waals surface area (Å²) in [5.74, 6) is -0.508. The van der Waals surface area contributed by atoms with E-state index in [0.717, 1.165) is 5.56 Å². The second kappa shape index (κ2) is 12.5. The van der Waals surface area contributed by atoms with E-state index in [1.165, 1.54) is 6.08 Å². The smallest absolute Gasteiger partial charge is 0.408 e. The Hall–Kier alpha value is -2.05. The first-order chi connectivity index (χ1) is 10.7. The molecule has 1 aromatic carbocycles. The summed E-state index contributed by atoms with van der Waals surface area (Å²) in [6.45, 7) is 4.29. The second-order valence-corrected chi connectivity index (χ2v) is 4.57. The van der Waals surface area contributed by atoms with Crippen molar-refractivity contribution in [2.45, 2.75) is 19.1 Å². The molecule has 0 aliphatic carbocycles. The number of carbonyl (C=O) groups is 2. The van der Waals surface area contributed by atoms with E-state index < -0.39 is 18.1 Å². The summed E-state index contributed by atoms with van der Waals surface area (Å²) in [6, 6.07) is 8.55. The SMILES string of the molecule is C=CCOC(=O)[C@H](CCNC)NC(=O)OCc1ccccc1.Cl. The van der Waals surface area contributed by atoms with Gasteiger partial charge in [0.2, 0.25) is 0 Å². The number of hydrogen-bond acceptors (Lipinski definition) is 5. The molecule has 128 valence electrons. The number of alkyl carbamates (subject to hydrolysis) is 1. The van der Waals surface area contributed by atoms with E-state index in [1.807, 2.05) is 30.3 Å². The highest BCUT2D eigenvalue weighted by molar-refractivity contribution is 5.85. The molecular formula is C16H23ClN2O4. The summed E-state index contributed by atoms with van der Waals surface area (Å²) in [6.07, 6.45) is 1.23. The summed E-state index contributed by atoms with van der Waals surface area (Å²) < 4.78 is 10.1. The molecule has 0 radical (unpaired) electrons. The standard InChI is InChI=1S/C16H22N2O4.ClH/c1-3-11-21-15(19)14(9-10-17-2)18-16(20)22-12-13-7-5-4-6-8-13;/h3-8,14,17H,1,9-12H2,2H3,(H,18,20);1H/t14-;/m0./s1. The Morgan fingerprint density at radius 1 is 1.26 bits per heavy atom. The van der Waals surface area contributed by atoms with Crippen LogP contribution in [-0.2, 0) is 20.9 Å². The topological polar surface area (TPSA) is 76.7 Å². The van der Waals surface area contributed by atoms with E-state index in [-0.39, 0.29) is 25.6 Å². The number of amides is 1. The van der Waals surface area contributed by atoms with E-state index in [2.05, 4.69) is 17.2 Å². The molecule has 0 spiro atoms. The number of hydrogen-bond donors (Lipinski definition) is 2. The lowest BCUT2D eigenvalue weighted by Crippen LogP contribution is -2.43. The van der Waals surface area contributed by atoms with Gasteiger partial charge in [-0.2, -0.15) is 0 Å². The molecule has 23 heavy (non-hydrogen) atoms. The molecule has 0 saturated carbocycles. The minimum Gasteiger partial charge on any atom is -0.460 e. The van der Waals surface area contributed by atoms with Crippen molar-refractivity contribution < 1.29 is 19.1 Å². The van der Waals surface area contributed by atoms with Gasteiger partial charge in [0.15, 0.2) is 0 Å². The number of rotatable bonds is 9. The average molecular weight is 343 g/mol. The zero-order valence-corrected chi connectivity index (χ0v) is 13.9. The van der Waals surface area contributed by atoms with E-state index in [1.54, 1.807) is 7.05 Å². The van der Waals surface area contributed by atoms with Crippen LogP contribution in [0.25, 0.3) is 0 Å². The minimum absolute atomic E-state index is 0. The Morgan fingerprint density at radius 2 is 1.96 bits per heavy atom. The lowest BCUT2D eigenvalue weighted by atomic mass is 10.2. The Kier molecular flexibility index (Phi) is 11.4. The van der Waals surface area contributed by atoms with Crippen molar-refractivity contribution in [2.24, 2.45) is 0 Å². The Balaban J connectivity index is 0.00000484. The molecule has 0 unspecified atom stereocenters. The molecule has 0 fully saturated rings. The van der Waals surface area contributed by atoms with E-state index in [9.17, 15) is 9.59 Å². The van der Waals surface area contributed by atoms with Gasteiger partial charge in [-0.3, -0.25) is 0 Å². The van der Waals surface area contributed by atoms with Crippen molar-refractivity contribution in [3.8, 4) is 0 Å². The van der Waals surface area contributed by atoms with Gasteiger partial charge < -0.3 is 20.1 Å². The number of benzene rings is 1.